The zero-order valence-electron chi connectivity index (χ0n) is 23.5. The molecule has 1 saturated heterocycles. The van der Waals surface area contributed by atoms with Gasteiger partial charge in [0.15, 0.2) is 0 Å². The number of aryl methyl sites for hydroxylation is 1. The Balaban J connectivity index is 1.47. The van der Waals surface area contributed by atoms with Crippen LogP contribution in [0.2, 0.25) is 0 Å². The van der Waals surface area contributed by atoms with Gasteiger partial charge in [-0.1, -0.05) is 19.6 Å². The number of nitrogens with two attached hydrogens (primary N) is 1. The summed E-state index contributed by atoms with van der Waals surface area (Å²) in [4.78, 5) is 20.4. The summed E-state index contributed by atoms with van der Waals surface area (Å²) in [6.45, 7) is 7.96. The fraction of sp³-hybridized carbons (Fsp3) is 0.310. The largest absolute Gasteiger partial charge is 0.371 e. The van der Waals surface area contributed by atoms with Gasteiger partial charge in [0.05, 0.1) is 17.5 Å². The Morgan fingerprint density at radius 2 is 1.88 bits per heavy atom. The van der Waals surface area contributed by atoms with Gasteiger partial charge in [-0.15, -0.1) is 0 Å². The molecular weight excluding hydrogens is 538 g/mol. The first-order valence-corrected chi connectivity index (χ1v) is 15.4. The number of nitrogens with one attached hydrogen (secondary N) is 2. The number of rotatable bonds is 9. The lowest BCUT2D eigenvalue weighted by molar-refractivity contribution is 0.500. The number of fused-ring (bicyclic) bond motifs is 1. The molecule has 0 aliphatic carbocycles. The van der Waals surface area contributed by atoms with E-state index in [-0.39, 0.29) is 6.04 Å². The van der Waals surface area contributed by atoms with E-state index in [2.05, 4.69) is 56.1 Å². The van der Waals surface area contributed by atoms with Crippen molar-refractivity contribution in [2.45, 2.75) is 32.2 Å². The molecule has 214 valence electrons. The third kappa shape index (κ3) is 6.08. The van der Waals surface area contributed by atoms with Crippen molar-refractivity contribution in [1.29, 1.82) is 0 Å². The molecule has 4 aromatic rings. The van der Waals surface area contributed by atoms with Crippen molar-refractivity contribution >= 4 is 61.6 Å². The first kappa shape index (κ1) is 28.2. The van der Waals surface area contributed by atoms with Crippen molar-refractivity contribution in [1.82, 2.24) is 19.9 Å². The lowest BCUT2D eigenvalue weighted by Crippen LogP contribution is -2.40. The maximum Gasteiger partial charge on any atom is 0.232 e. The van der Waals surface area contributed by atoms with Crippen LogP contribution < -0.4 is 25.6 Å². The number of nitrogens with zero attached hydrogens (tertiary/aromatic N) is 6. The van der Waals surface area contributed by atoms with Gasteiger partial charge in [0.2, 0.25) is 16.0 Å². The van der Waals surface area contributed by atoms with Crippen molar-refractivity contribution < 1.29 is 8.42 Å². The van der Waals surface area contributed by atoms with E-state index in [0.29, 0.717) is 39.7 Å². The highest BCUT2D eigenvalue weighted by Gasteiger charge is 2.22. The van der Waals surface area contributed by atoms with Crippen LogP contribution in [0.1, 0.15) is 30.9 Å². The maximum atomic E-state index is 12.5. The average molecular weight is 574 g/mol. The van der Waals surface area contributed by atoms with Crippen LogP contribution in [0.25, 0.3) is 17.1 Å². The molecular formula is C29H35N9O2S. The molecule has 0 spiro atoms. The Bertz CT molecular complexity index is 1690. The first-order chi connectivity index (χ1) is 19.7. The fourth-order valence-electron chi connectivity index (χ4n) is 4.96. The van der Waals surface area contributed by atoms with Crippen LogP contribution in [0, 0.1) is 0 Å². The summed E-state index contributed by atoms with van der Waals surface area (Å²) in [7, 11) is -2.11. The SMILES string of the molecule is C=Cc1cnc(Nc2ccc(N3CCC(N)CC3)c(CC)c2)nc1Nc1ccc2nccnc2c1N(C)S(C)(=O)=O. The van der Waals surface area contributed by atoms with Gasteiger partial charge in [0.1, 0.15) is 17.0 Å². The summed E-state index contributed by atoms with van der Waals surface area (Å²) in [5.74, 6) is 0.844. The van der Waals surface area contributed by atoms with Crippen molar-refractivity contribution in [3.63, 3.8) is 0 Å². The predicted molar refractivity (Wildman–Crippen MR) is 167 cm³/mol. The van der Waals surface area contributed by atoms with Gasteiger partial charge in [-0.2, -0.15) is 4.98 Å². The Morgan fingerprint density at radius 1 is 1.12 bits per heavy atom. The molecule has 0 atom stereocenters. The smallest absolute Gasteiger partial charge is 0.232 e. The number of benzene rings is 2. The number of piperidine rings is 1. The normalized spacial score (nSPS) is 14.2. The number of aromatic nitrogens is 4. The minimum absolute atomic E-state index is 0.279. The quantitative estimate of drug-likeness (QED) is 0.263. The highest BCUT2D eigenvalue weighted by molar-refractivity contribution is 7.92. The van der Waals surface area contributed by atoms with Crippen molar-refractivity contribution in [2.75, 3.05) is 46.2 Å². The number of anilines is 6. The molecule has 0 bridgehead atoms. The number of hydrogen-bond acceptors (Lipinski definition) is 10. The van der Waals surface area contributed by atoms with E-state index >= 15 is 0 Å². The van der Waals surface area contributed by atoms with Crippen LogP contribution in [0.3, 0.4) is 0 Å². The van der Waals surface area contributed by atoms with Gasteiger partial charge in [0.25, 0.3) is 0 Å². The van der Waals surface area contributed by atoms with E-state index in [0.717, 1.165) is 44.3 Å². The second kappa shape index (κ2) is 11.7. The Labute approximate surface area is 240 Å². The average Bonchev–Trinajstić information content (AvgIpc) is 2.97. The van der Waals surface area contributed by atoms with Crippen LogP contribution in [0.5, 0.6) is 0 Å². The molecule has 2 aromatic heterocycles. The molecule has 0 saturated carbocycles. The minimum atomic E-state index is -3.60. The molecule has 3 heterocycles. The monoisotopic (exact) mass is 573 g/mol. The topological polar surface area (TPSA) is 142 Å². The van der Waals surface area contributed by atoms with Crippen molar-refractivity contribution in [2.24, 2.45) is 5.73 Å². The molecule has 0 radical (unpaired) electrons. The highest BCUT2D eigenvalue weighted by Crippen LogP contribution is 2.36. The third-order valence-electron chi connectivity index (χ3n) is 7.31. The lowest BCUT2D eigenvalue weighted by Gasteiger charge is -2.33. The second-order valence-corrected chi connectivity index (χ2v) is 12.1. The van der Waals surface area contributed by atoms with Gasteiger partial charge in [-0.05, 0) is 55.2 Å². The van der Waals surface area contributed by atoms with Crippen LogP contribution >= 0.6 is 0 Å². The third-order valence-corrected chi connectivity index (χ3v) is 8.49. The van der Waals surface area contributed by atoms with E-state index in [4.69, 9.17) is 10.7 Å². The van der Waals surface area contributed by atoms with Crippen LogP contribution in [0.4, 0.5) is 34.5 Å². The van der Waals surface area contributed by atoms with Gasteiger partial charge < -0.3 is 21.3 Å². The van der Waals surface area contributed by atoms with E-state index in [1.54, 1.807) is 30.6 Å². The second-order valence-electron chi connectivity index (χ2n) is 10.1. The van der Waals surface area contributed by atoms with Crippen LogP contribution in [0.15, 0.2) is 55.5 Å². The summed E-state index contributed by atoms with van der Waals surface area (Å²) in [6, 6.07) is 10.1. The fourth-order valence-corrected chi connectivity index (χ4v) is 5.48. The standard InChI is InChI=1S/C29H35N9O2S/c1-5-19-17-22(7-10-25(19)38-15-11-21(30)12-16-38)34-29-33-18-20(6-2)28(36-29)35-24-9-8-23-26(32-14-13-31-23)27(24)37(3)41(4,39)40/h6-10,13-14,17-18,21H,2,5,11-12,15-16,30H2,1,3-4H3,(H2,33,34,35,36). The van der Waals surface area contributed by atoms with Gasteiger partial charge in [-0.3, -0.25) is 14.3 Å². The number of hydrogen-bond donors (Lipinski definition) is 3. The van der Waals surface area contributed by atoms with Crippen LogP contribution in [-0.4, -0.2) is 60.8 Å². The summed E-state index contributed by atoms with van der Waals surface area (Å²) in [5, 5.41) is 6.61. The Morgan fingerprint density at radius 3 is 2.59 bits per heavy atom. The van der Waals surface area contributed by atoms with Gasteiger partial charge >= 0.3 is 0 Å². The van der Waals surface area contributed by atoms with E-state index in [1.165, 1.54) is 28.8 Å². The molecule has 2 aromatic carbocycles. The molecule has 1 fully saturated rings. The molecule has 4 N–H and O–H groups in total. The predicted octanol–water partition coefficient (Wildman–Crippen LogP) is 4.44. The van der Waals surface area contributed by atoms with E-state index in [1.807, 2.05) is 6.07 Å². The summed E-state index contributed by atoms with van der Waals surface area (Å²) in [5.41, 5.74) is 12.0. The molecule has 41 heavy (non-hydrogen) atoms. The summed E-state index contributed by atoms with van der Waals surface area (Å²) < 4.78 is 26.3. The zero-order valence-corrected chi connectivity index (χ0v) is 24.3. The summed E-state index contributed by atoms with van der Waals surface area (Å²) >= 11 is 0. The molecule has 0 amide bonds. The molecule has 1 aliphatic rings. The Kier molecular flexibility index (Phi) is 8.04. The molecule has 0 unspecified atom stereocenters. The molecule has 1 aliphatic heterocycles. The molecule has 12 heteroatoms. The zero-order chi connectivity index (χ0) is 29.1. The molecule has 5 rings (SSSR count). The molecule has 11 nitrogen and oxygen atoms in total. The lowest BCUT2D eigenvalue weighted by atomic mass is 10.0. The summed E-state index contributed by atoms with van der Waals surface area (Å²) in [6.07, 6.45) is 10.4. The van der Waals surface area contributed by atoms with Crippen LogP contribution in [-0.2, 0) is 16.4 Å². The minimum Gasteiger partial charge on any atom is -0.371 e. The maximum absolute atomic E-state index is 12.5. The first-order valence-electron chi connectivity index (χ1n) is 13.5. The van der Waals surface area contributed by atoms with Crippen molar-refractivity contribution in [3.05, 3.63) is 66.6 Å². The number of sulfonamides is 1. The Hall–Kier alpha value is -4.29. The van der Waals surface area contributed by atoms with Gasteiger partial charge in [-0.25, -0.2) is 13.4 Å². The van der Waals surface area contributed by atoms with E-state index in [9.17, 15) is 8.42 Å². The van der Waals surface area contributed by atoms with Gasteiger partial charge in [0, 0.05) is 61.7 Å². The van der Waals surface area contributed by atoms with Crippen molar-refractivity contribution in [3.8, 4) is 0 Å². The highest BCUT2D eigenvalue weighted by atomic mass is 32.2. The van der Waals surface area contributed by atoms with E-state index < -0.39 is 10.0 Å².